The molecule has 7 heteroatoms. The SMILES string of the molecule is CCN(Cc1ccc(OC)c(OC)c1)C(=O)C[C@@H](NC(C)=O)c1cccs1. The first-order valence-corrected chi connectivity index (χ1v) is 9.65. The van der Waals surface area contributed by atoms with Gasteiger partial charge in [0.25, 0.3) is 0 Å². The first kappa shape index (κ1) is 20.8. The number of carbonyl (C=O) groups is 2. The van der Waals surface area contributed by atoms with Crippen LogP contribution in [-0.2, 0) is 16.1 Å². The van der Waals surface area contributed by atoms with Crippen LogP contribution in [0.4, 0.5) is 0 Å². The smallest absolute Gasteiger partial charge is 0.225 e. The second kappa shape index (κ2) is 9.97. The maximum Gasteiger partial charge on any atom is 0.225 e. The summed E-state index contributed by atoms with van der Waals surface area (Å²) in [6, 6.07) is 9.16. The number of rotatable bonds is 9. The second-order valence-electron chi connectivity index (χ2n) is 6.07. The minimum absolute atomic E-state index is 0.0144. The van der Waals surface area contributed by atoms with Gasteiger partial charge in [-0.2, -0.15) is 0 Å². The highest BCUT2D eigenvalue weighted by molar-refractivity contribution is 7.10. The number of thiophene rings is 1. The highest BCUT2D eigenvalue weighted by Crippen LogP contribution is 2.28. The number of benzene rings is 1. The van der Waals surface area contributed by atoms with Crippen LogP contribution in [0, 0.1) is 0 Å². The standard InChI is InChI=1S/C20H26N2O4S/c1-5-22(13-15-8-9-17(25-3)18(11-15)26-4)20(24)12-16(21-14(2)23)19-7-6-10-27-19/h6-11,16H,5,12-13H2,1-4H3,(H,21,23)/t16-/m1/s1. The summed E-state index contributed by atoms with van der Waals surface area (Å²) in [4.78, 5) is 27.1. The Balaban J connectivity index is 2.11. The number of nitrogens with zero attached hydrogens (tertiary/aromatic N) is 1. The monoisotopic (exact) mass is 390 g/mol. The van der Waals surface area contributed by atoms with Gasteiger partial charge >= 0.3 is 0 Å². The van der Waals surface area contributed by atoms with Gasteiger partial charge in [0, 0.05) is 24.9 Å². The van der Waals surface area contributed by atoms with Gasteiger partial charge in [-0.1, -0.05) is 12.1 Å². The minimum atomic E-state index is -0.311. The zero-order chi connectivity index (χ0) is 19.8. The predicted molar refractivity (Wildman–Crippen MR) is 106 cm³/mol. The van der Waals surface area contributed by atoms with Crippen molar-refractivity contribution in [3.63, 3.8) is 0 Å². The van der Waals surface area contributed by atoms with E-state index >= 15 is 0 Å². The number of nitrogens with one attached hydrogen (secondary N) is 1. The third-order valence-electron chi connectivity index (χ3n) is 4.20. The molecule has 1 aromatic carbocycles. The predicted octanol–water partition coefficient (Wildman–Crippen LogP) is 3.38. The second-order valence-corrected chi connectivity index (χ2v) is 7.05. The average Bonchev–Trinajstić information content (AvgIpc) is 3.19. The third kappa shape index (κ3) is 5.72. The number of amides is 2. The Morgan fingerprint density at radius 2 is 1.93 bits per heavy atom. The summed E-state index contributed by atoms with van der Waals surface area (Å²) in [6.07, 6.45) is 0.223. The summed E-state index contributed by atoms with van der Waals surface area (Å²) < 4.78 is 10.6. The zero-order valence-electron chi connectivity index (χ0n) is 16.2. The topological polar surface area (TPSA) is 67.9 Å². The van der Waals surface area contributed by atoms with E-state index < -0.39 is 0 Å². The third-order valence-corrected chi connectivity index (χ3v) is 5.18. The molecule has 1 atom stereocenters. The van der Waals surface area contributed by atoms with E-state index in [0.717, 1.165) is 10.4 Å². The number of carbonyl (C=O) groups excluding carboxylic acids is 2. The van der Waals surface area contributed by atoms with Crippen molar-refractivity contribution in [2.45, 2.75) is 32.9 Å². The Labute approximate surface area is 164 Å². The summed E-state index contributed by atoms with van der Waals surface area (Å²) in [5.74, 6) is 1.12. The van der Waals surface area contributed by atoms with Gasteiger partial charge in [0.05, 0.1) is 26.7 Å². The molecule has 0 fully saturated rings. The molecule has 1 heterocycles. The number of methoxy groups -OCH3 is 2. The fourth-order valence-corrected chi connectivity index (χ4v) is 3.62. The molecule has 2 amide bonds. The first-order chi connectivity index (χ1) is 13.0. The fraction of sp³-hybridized carbons (Fsp3) is 0.400. The molecule has 1 N–H and O–H groups in total. The van der Waals surface area contributed by atoms with Gasteiger partial charge in [0.1, 0.15) is 0 Å². The van der Waals surface area contributed by atoms with Crippen LogP contribution in [0.25, 0.3) is 0 Å². The number of hydrogen-bond acceptors (Lipinski definition) is 5. The fourth-order valence-electron chi connectivity index (χ4n) is 2.84. The van der Waals surface area contributed by atoms with Crippen LogP contribution >= 0.6 is 11.3 Å². The molecule has 0 saturated heterocycles. The van der Waals surface area contributed by atoms with Crippen molar-refractivity contribution in [1.29, 1.82) is 0 Å². The molecule has 0 bridgehead atoms. The van der Waals surface area contributed by atoms with E-state index in [4.69, 9.17) is 9.47 Å². The summed E-state index contributed by atoms with van der Waals surface area (Å²) >= 11 is 1.53. The summed E-state index contributed by atoms with van der Waals surface area (Å²) in [5.41, 5.74) is 0.954. The molecule has 2 aromatic rings. The van der Waals surface area contributed by atoms with E-state index in [0.29, 0.717) is 24.6 Å². The van der Waals surface area contributed by atoms with E-state index in [2.05, 4.69) is 5.32 Å². The molecule has 146 valence electrons. The Morgan fingerprint density at radius 1 is 1.19 bits per heavy atom. The van der Waals surface area contributed by atoms with Crippen molar-refractivity contribution < 1.29 is 19.1 Å². The molecule has 0 saturated carbocycles. The van der Waals surface area contributed by atoms with Crippen molar-refractivity contribution in [2.75, 3.05) is 20.8 Å². The van der Waals surface area contributed by atoms with Crippen molar-refractivity contribution in [2.24, 2.45) is 0 Å². The van der Waals surface area contributed by atoms with Crippen LogP contribution in [0.15, 0.2) is 35.7 Å². The zero-order valence-corrected chi connectivity index (χ0v) is 17.0. The van der Waals surface area contributed by atoms with Gasteiger partial charge in [0.2, 0.25) is 11.8 Å². The van der Waals surface area contributed by atoms with Crippen LogP contribution in [-0.4, -0.2) is 37.5 Å². The van der Waals surface area contributed by atoms with E-state index in [1.807, 2.05) is 42.6 Å². The summed E-state index contributed by atoms with van der Waals surface area (Å²) in [6.45, 7) is 4.45. The largest absolute Gasteiger partial charge is 0.493 e. The number of ether oxygens (including phenoxy) is 2. The highest BCUT2D eigenvalue weighted by atomic mass is 32.1. The van der Waals surface area contributed by atoms with E-state index in [1.165, 1.54) is 18.3 Å². The van der Waals surface area contributed by atoms with E-state index in [9.17, 15) is 9.59 Å². The normalized spacial score (nSPS) is 11.6. The molecule has 0 aliphatic heterocycles. The minimum Gasteiger partial charge on any atom is -0.493 e. The van der Waals surface area contributed by atoms with Crippen LogP contribution < -0.4 is 14.8 Å². The quantitative estimate of drug-likeness (QED) is 0.713. The van der Waals surface area contributed by atoms with Gasteiger partial charge in [-0.15, -0.1) is 11.3 Å². The Kier molecular flexibility index (Phi) is 7.67. The highest BCUT2D eigenvalue weighted by Gasteiger charge is 2.22. The summed E-state index contributed by atoms with van der Waals surface area (Å²) in [5, 5.41) is 4.82. The molecular weight excluding hydrogens is 364 g/mol. The Bertz CT molecular complexity index is 761. The molecule has 0 spiro atoms. The Morgan fingerprint density at radius 3 is 2.48 bits per heavy atom. The van der Waals surface area contributed by atoms with E-state index in [1.54, 1.807) is 19.1 Å². The average molecular weight is 391 g/mol. The van der Waals surface area contributed by atoms with Crippen molar-refractivity contribution in [1.82, 2.24) is 10.2 Å². The van der Waals surface area contributed by atoms with Crippen molar-refractivity contribution in [3.8, 4) is 11.5 Å². The van der Waals surface area contributed by atoms with E-state index in [-0.39, 0.29) is 24.3 Å². The molecule has 0 radical (unpaired) electrons. The van der Waals surface area contributed by atoms with Gasteiger partial charge < -0.3 is 19.7 Å². The maximum atomic E-state index is 12.9. The molecule has 0 aliphatic rings. The van der Waals surface area contributed by atoms with Crippen molar-refractivity contribution in [3.05, 3.63) is 46.2 Å². The maximum absolute atomic E-state index is 12.9. The van der Waals surface area contributed by atoms with Gasteiger partial charge in [-0.3, -0.25) is 9.59 Å². The van der Waals surface area contributed by atoms with Crippen LogP contribution in [0.2, 0.25) is 0 Å². The first-order valence-electron chi connectivity index (χ1n) is 8.77. The molecular formula is C20H26N2O4S. The molecule has 1 aromatic heterocycles. The lowest BCUT2D eigenvalue weighted by molar-refractivity contribution is -0.132. The van der Waals surface area contributed by atoms with Gasteiger partial charge in [-0.25, -0.2) is 0 Å². The van der Waals surface area contributed by atoms with Crippen LogP contribution in [0.5, 0.6) is 11.5 Å². The van der Waals surface area contributed by atoms with Gasteiger partial charge in [0.15, 0.2) is 11.5 Å². The molecule has 0 unspecified atom stereocenters. The number of hydrogen-bond donors (Lipinski definition) is 1. The summed E-state index contributed by atoms with van der Waals surface area (Å²) in [7, 11) is 3.18. The molecule has 2 rings (SSSR count). The lowest BCUT2D eigenvalue weighted by Crippen LogP contribution is -2.35. The van der Waals surface area contributed by atoms with Gasteiger partial charge in [-0.05, 0) is 36.1 Å². The molecule has 6 nitrogen and oxygen atoms in total. The lowest BCUT2D eigenvalue weighted by atomic mass is 10.1. The van der Waals surface area contributed by atoms with Crippen LogP contribution in [0.3, 0.4) is 0 Å². The molecule has 27 heavy (non-hydrogen) atoms. The van der Waals surface area contributed by atoms with Crippen molar-refractivity contribution >= 4 is 23.2 Å². The molecule has 0 aliphatic carbocycles. The lowest BCUT2D eigenvalue weighted by Gasteiger charge is -2.24. The Hall–Kier alpha value is -2.54. The van der Waals surface area contributed by atoms with Crippen LogP contribution in [0.1, 0.15) is 36.8 Å².